The van der Waals surface area contributed by atoms with Gasteiger partial charge in [0.2, 0.25) is 0 Å². The fraction of sp³-hybridized carbons (Fsp3) is 0.500. The van der Waals surface area contributed by atoms with E-state index in [1.165, 1.54) is 0 Å². The van der Waals surface area contributed by atoms with Crippen molar-refractivity contribution in [1.82, 2.24) is 19.8 Å². The van der Waals surface area contributed by atoms with E-state index in [-0.39, 0.29) is 18.1 Å². The number of hydrogen-bond acceptors (Lipinski definition) is 6. The number of nitrogens with two attached hydrogens (primary N) is 1. The second kappa shape index (κ2) is 5.80. The van der Waals surface area contributed by atoms with Crippen molar-refractivity contribution in [3.05, 3.63) is 29.8 Å². The predicted molar refractivity (Wildman–Crippen MR) is 78.1 cm³/mol. The van der Waals surface area contributed by atoms with Crippen LogP contribution in [0.2, 0.25) is 0 Å². The van der Waals surface area contributed by atoms with Crippen molar-refractivity contribution in [2.45, 2.75) is 32.0 Å². The number of amides is 1. The fourth-order valence-electron chi connectivity index (χ4n) is 2.78. The molecule has 3 rings (SSSR count). The average molecular weight is 305 g/mol. The average Bonchev–Trinajstić information content (AvgIpc) is 3.19. The standard InChI is InChI=1S/C14H19N5O3/c1-9-5-12(17-22-9)14(20)19-8-11(21-2)6-10(19)7-18-4-3-13(15)16-18/h3-5,10-11H,6-8H2,1-2H3,(H2,15,16)/t10-,11+/m0/s1. The first-order valence-corrected chi connectivity index (χ1v) is 7.13. The number of anilines is 1. The highest BCUT2D eigenvalue weighted by Crippen LogP contribution is 2.23. The van der Waals surface area contributed by atoms with Gasteiger partial charge in [-0.25, -0.2) is 0 Å². The molecular weight excluding hydrogens is 286 g/mol. The van der Waals surface area contributed by atoms with E-state index >= 15 is 0 Å². The zero-order valence-corrected chi connectivity index (χ0v) is 12.6. The molecule has 1 amide bonds. The van der Waals surface area contributed by atoms with Crippen molar-refractivity contribution in [2.75, 3.05) is 19.4 Å². The summed E-state index contributed by atoms with van der Waals surface area (Å²) in [7, 11) is 1.65. The molecule has 22 heavy (non-hydrogen) atoms. The Morgan fingerprint density at radius 1 is 1.59 bits per heavy atom. The van der Waals surface area contributed by atoms with Crippen LogP contribution in [0.15, 0.2) is 22.9 Å². The SMILES string of the molecule is CO[C@@H]1C[C@@H](Cn2ccc(N)n2)N(C(=O)c2cc(C)on2)C1. The minimum atomic E-state index is -0.151. The second-order valence-electron chi connectivity index (χ2n) is 5.49. The van der Waals surface area contributed by atoms with Gasteiger partial charge in [0, 0.05) is 25.9 Å². The zero-order chi connectivity index (χ0) is 15.7. The van der Waals surface area contributed by atoms with E-state index in [0.717, 1.165) is 6.42 Å². The third kappa shape index (κ3) is 2.82. The van der Waals surface area contributed by atoms with Gasteiger partial charge in [-0.05, 0) is 19.4 Å². The minimum absolute atomic E-state index is 0.00913. The lowest BCUT2D eigenvalue weighted by molar-refractivity contribution is 0.0669. The number of nitrogen functional groups attached to an aromatic ring is 1. The van der Waals surface area contributed by atoms with Crippen molar-refractivity contribution in [1.29, 1.82) is 0 Å². The third-order valence-corrected chi connectivity index (χ3v) is 3.88. The van der Waals surface area contributed by atoms with Crippen LogP contribution in [0.5, 0.6) is 0 Å². The number of rotatable bonds is 4. The molecule has 1 aliphatic rings. The van der Waals surface area contributed by atoms with Gasteiger partial charge in [-0.2, -0.15) is 5.10 Å². The van der Waals surface area contributed by atoms with Gasteiger partial charge in [-0.1, -0.05) is 5.16 Å². The third-order valence-electron chi connectivity index (χ3n) is 3.88. The molecule has 2 N–H and O–H groups in total. The van der Waals surface area contributed by atoms with Crippen LogP contribution in [0.4, 0.5) is 5.82 Å². The van der Waals surface area contributed by atoms with E-state index < -0.39 is 0 Å². The van der Waals surface area contributed by atoms with Crippen LogP contribution in [0.25, 0.3) is 0 Å². The van der Waals surface area contributed by atoms with E-state index in [2.05, 4.69) is 10.3 Å². The lowest BCUT2D eigenvalue weighted by atomic mass is 10.2. The smallest absolute Gasteiger partial charge is 0.276 e. The molecule has 0 spiro atoms. The highest BCUT2D eigenvalue weighted by molar-refractivity contribution is 5.92. The summed E-state index contributed by atoms with van der Waals surface area (Å²) in [5.74, 6) is 0.926. The molecule has 2 aromatic rings. The van der Waals surface area contributed by atoms with Crippen molar-refractivity contribution in [3.8, 4) is 0 Å². The summed E-state index contributed by atoms with van der Waals surface area (Å²) in [6, 6.07) is 3.36. The van der Waals surface area contributed by atoms with E-state index in [4.69, 9.17) is 15.0 Å². The first-order valence-electron chi connectivity index (χ1n) is 7.13. The summed E-state index contributed by atoms with van der Waals surface area (Å²) in [4.78, 5) is 14.4. The normalized spacial score (nSPS) is 21.5. The highest BCUT2D eigenvalue weighted by atomic mass is 16.5. The van der Waals surface area contributed by atoms with Gasteiger partial charge in [0.05, 0.1) is 18.7 Å². The van der Waals surface area contributed by atoms with Crippen LogP contribution < -0.4 is 5.73 Å². The maximum atomic E-state index is 12.6. The van der Waals surface area contributed by atoms with E-state index in [1.807, 2.05) is 0 Å². The Hall–Kier alpha value is -2.35. The largest absolute Gasteiger partial charge is 0.382 e. The molecule has 0 unspecified atom stereocenters. The van der Waals surface area contributed by atoms with Crippen LogP contribution >= 0.6 is 0 Å². The van der Waals surface area contributed by atoms with Crippen LogP contribution in [0, 0.1) is 6.92 Å². The van der Waals surface area contributed by atoms with Crippen LogP contribution in [0.3, 0.4) is 0 Å². The molecule has 1 fully saturated rings. The molecule has 1 saturated heterocycles. The molecule has 0 bridgehead atoms. The summed E-state index contributed by atoms with van der Waals surface area (Å²) in [5.41, 5.74) is 5.95. The highest BCUT2D eigenvalue weighted by Gasteiger charge is 2.37. The number of nitrogens with zero attached hydrogens (tertiary/aromatic N) is 4. The summed E-state index contributed by atoms with van der Waals surface area (Å²) >= 11 is 0. The van der Waals surface area contributed by atoms with Gasteiger partial charge in [0.15, 0.2) is 5.69 Å². The lowest BCUT2D eigenvalue weighted by Gasteiger charge is -2.23. The number of carbonyl (C=O) groups excluding carboxylic acids is 1. The number of methoxy groups -OCH3 is 1. The summed E-state index contributed by atoms with van der Waals surface area (Å²) in [5, 5.41) is 7.98. The molecule has 8 heteroatoms. The van der Waals surface area contributed by atoms with Gasteiger partial charge in [0.25, 0.3) is 5.91 Å². The van der Waals surface area contributed by atoms with Gasteiger partial charge < -0.3 is 19.9 Å². The number of likely N-dealkylation sites (tertiary alicyclic amines) is 1. The fourth-order valence-corrected chi connectivity index (χ4v) is 2.78. The number of carbonyl (C=O) groups is 1. The molecule has 1 aliphatic heterocycles. The first kappa shape index (κ1) is 14.6. The molecule has 0 saturated carbocycles. The molecule has 8 nitrogen and oxygen atoms in total. The van der Waals surface area contributed by atoms with Gasteiger partial charge in [0.1, 0.15) is 11.6 Å². The topological polar surface area (TPSA) is 99.4 Å². The maximum Gasteiger partial charge on any atom is 0.276 e. The Balaban J connectivity index is 1.78. The Morgan fingerprint density at radius 2 is 2.41 bits per heavy atom. The van der Waals surface area contributed by atoms with Crippen molar-refractivity contribution in [2.24, 2.45) is 0 Å². The van der Waals surface area contributed by atoms with Gasteiger partial charge in [-0.3, -0.25) is 9.48 Å². The van der Waals surface area contributed by atoms with Crippen molar-refractivity contribution in [3.63, 3.8) is 0 Å². The number of aromatic nitrogens is 3. The number of aryl methyl sites for hydroxylation is 1. The van der Waals surface area contributed by atoms with Crippen LogP contribution in [0.1, 0.15) is 22.7 Å². The molecular formula is C14H19N5O3. The Kier molecular flexibility index (Phi) is 3.84. The zero-order valence-electron chi connectivity index (χ0n) is 12.6. The molecule has 118 valence electrons. The summed E-state index contributed by atoms with van der Waals surface area (Å²) in [6.07, 6.45) is 2.56. The molecule has 2 aromatic heterocycles. The molecule has 0 aliphatic carbocycles. The number of hydrogen-bond donors (Lipinski definition) is 1. The molecule has 3 heterocycles. The summed E-state index contributed by atoms with van der Waals surface area (Å²) in [6.45, 7) is 2.86. The molecule has 0 aromatic carbocycles. The minimum Gasteiger partial charge on any atom is -0.382 e. The summed E-state index contributed by atoms with van der Waals surface area (Å²) < 4.78 is 12.1. The number of ether oxygens (including phenoxy) is 1. The van der Waals surface area contributed by atoms with Crippen molar-refractivity contribution >= 4 is 11.7 Å². The Bertz CT molecular complexity index is 665. The molecule has 2 atom stereocenters. The Labute approximate surface area is 127 Å². The molecule has 0 radical (unpaired) electrons. The van der Waals surface area contributed by atoms with E-state index in [1.54, 1.807) is 41.9 Å². The van der Waals surface area contributed by atoms with E-state index in [0.29, 0.717) is 30.4 Å². The lowest BCUT2D eigenvalue weighted by Crippen LogP contribution is -2.38. The Morgan fingerprint density at radius 3 is 3.00 bits per heavy atom. The second-order valence-corrected chi connectivity index (χ2v) is 5.49. The van der Waals surface area contributed by atoms with Gasteiger partial charge in [-0.15, -0.1) is 0 Å². The maximum absolute atomic E-state index is 12.6. The van der Waals surface area contributed by atoms with E-state index in [9.17, 15) is 4.79 Å². The predicted octanol–water partition coefficient (Wildman–Crippen LogP) is 0.691. The quantitative estimate of drug-likeness (QED) is 0.892. The van der Waals surface area contributed by atoms with Gasteiger partial charge >= 0.3 is 0 Å². The van der Waals surface area contributed by atoms with Crippen molar-refractivity contribution < 1.29 is 14.1 Å². The first-order chi connectivity index (χ1) is 10.6. The van der Waals surface area contributed by atoms with Crippen LogP contribution in [-0.2, 0) is 11.3 Å². The monoisotopic (exact) mass is 305 g/mol. The van der Waals surface area contributed by atoms with Crippen LogP contribution in [-0.4, -0.2) is 51.5 Å².